The van der Waals surface area contributed by atoms with Crippen molar-refractivity contribution in [1.29, 1.82) is 0 Å². The maximum absolute atomic E-state index is 13.4. The quantitative estimate of drug-likeness (QED) is 0.529. The lowest BCUT2D eigenvalue weighted by Gasteiger charge is -2.27. The minimum absolute atomic E-state index is 0.124. The van der Waals surface area contributed by atoms with Crippen molar-refractivity contribution in [2.75, 3.05) is 47.6 Å². The Morgan fingerprint density at radius 1 is 1.09 bits per heavy atom. The predicted molar refractivity (Wildman–Crippen MR) is 126 cm³/mol. The summed E-state index contributed by atoms with van der Waals surface area (Å²) in [7, 11) is 4.57. The fourth-order valence-electron chi connectivity index (χ4n) is 3.73. The Morgan fingerprint density at radius 2 is 1.82 bits per heavy atom. The van der Waals surface area contributed by atoms with E-state index in [1.165, 1.54) is 17.0 Å². The summed E-state index contributed by atoms with van der Waals surface area (Å²) >= 11 is 6.41. The Morgan fingerprint density at radius 3 is 2.52 bits per heavy atom. The number of halogens is 1. The highest BCUT2D eigenvalue weighted by atomic mass is 35.5. The summed E-state index contributed by atoms with van der Waals surface area (Å²) in [4.78, 5) is 27.3. The molecule has 1 heterocycles. The van der Waals surface area contributed by atoms with Crippen LogP contribution in [0.25, 0.3) is 0 Å². The van der Waals surface area contributed by atoms with Crippen LogP contribution in [-0.2, 0) is 19.1 Å². The van der Waals surface area contributed by atoms with Gasteiger partial charge in [-0.1, -0.05) is 48.0 Å². The highest BCUT2D eigenvalue weighted by molar-refractivity contribution is 6.34. The second kappa shape index (κ2) is 11.8. The molecular formula is C24H28ClN3O5. The summed E-state index contributed by atoms with van der Waals surface area (Å²) in [5.41, 5.74) is 2.28. The van der Waals surface area contributed by atoms with E-state index in [2.05, 4.69) is 5.10 Å². The molecule has 0 saturated carbocycles. The molecule has 8 nitrogen and oxygen atoms in total. The first-order chi connectivity index (χ1) is 16.0. The number of rotatable bonds is 10. The lowest BCUT2D eigenvalue weighted by molar-refractivity contribution is -0.144. The molecule has 2 amide bonds. The third kappa shape index (κ3) is 5.90. The van der Waals surface area contributed by atoms with Crippen molar-refractivity contribution >= 4 is 29.1 Å². The highest BCUT2D eigenvalue weighted by Crippen LogP contribution is 2.38. The number of hydrogen-bond donors (Lipinski definition) is 0. The number of carbonyl (C=O) groups excluding carboxylic acids is 2. The SMILES string of the molecule is COCCN(CC(=O)N1N=C(c2ccccc2Cl)C[C@H]1c1ccccc1OC)C(=O)COC. The van der Waals surface area contributed by atoms with Crippen molar-refractivity contribution in [3.63, 3.8) is 0 Å². The van der Waals surface area contributed by atoms with Gasteiger partial charge in [-0.05, 0) is 12.1 Å². The van der Waals surface area contributed by atoms with Gasteiger partial charge >= 0.3 is 0 Å². The summed E-state index contributed by atoms with van der Waals surface area (Å²) in [5.74, 6) is 0.0300. The standard InChI is InChI=1S/C24H28ClN3O5/c1-31-13-12-27(24(30)16-32-2)15-23(29)28-21(18-9-5-7-11-22(18)33-3)14-20(26-28)17-8-4-6-10-19(17)25/h4-11,21H,12-16H2,1-3H3/t21-/m0/s1. The zero-order valence-electron chi connectivity index (χ0n) is 19.0. The van der Waals surface area contributed by atoms with Crippen molar-refractivity contribution in [2.24, 2.45) is 5.10 Å². The Kier molecular flexibility index (Phi) is 8.82. The molecular weight excluding hydrogens is 446 g/mol. The smallest absolute Gasteiger partial charge is 0.262 e. The molecule has 176 valence electrons. The number of amides is 2. The van der Waals surface area contributed by atoms with Crippen LogP contribution in [0.5, 0.6) is 5.75 Å². The molecule has 0 saturated heterocycles. The van der Waals surface area contributed by atoms with Gasteiger partial charge in [-0.3, -0.25) is 9.59 Å². The summed E-state index contributed by atoms with van der Waals surface area (Å²) in [5, 5.41) is 6.63. The van der Waals surface area contributed by atoms with Gasteiger partial charge in [0.2, 0.25) is 5.91 Å². The van der Waals surface area contributed by atoms with Gasteiger partial charge < -0.3 is 19.1 Å². The van der Waals surface area contributed by atoms with Crippen molar-refractivity contribution < 1.29 is 23.8 Å². The lowest BCUT2D eigenvalue weighted by atomic mass is 9.97. The molecule has 0 aromatic heterocycles. The summed E-state index contributed by atoms with van der Waals surface area (Å²) in [6, 6.07) is 14.5. The molecule has 2 aromatic rings. The number of hydrogen-bond acceptors (Lipinski definition) is 6. The first-order valence-electron chi connectivity index (χ1n) is 10.5. The van der Waals surface area contributed by atoms with Crippen molar-refractivity contribution in [3.05, 3.63) is 64.7 Å². The van der Waals surface area contributed by atoms with Crippen LogP contribution < -0.4 is 4.74 Å². The van der Waals surface area contributed by atoms with Gasteiger partial charge in [0.05, 0.1) is 25.5 Å². The molecule has 0 aliphatic carbocycles. The molecule has 0 unspecified atom stereocenters. The Hall–Kier alpha value is -2.94. The number of nitrogens with zero attached hydrogens (tertiary/aromatic N) is 3. The van der Waals surface area contributed by atoms with E-state index in [0.29, 0.717) is 29.5 Å². The summed E-state index contributed by atoms with van der Waals surface area (Å²) in [6.45, 7) is 0.281. The molecule has 0 N–H and O–H groups in total. The Bertz CT molecular complexity index is 1010. The van der Waals surface area contributed by atoms with Gasteiger partial charge in [0.1, 0.15) is 18.9 Å². The number of ether oxygens (including phenoxy) is 3. The van der Waals surface area contributed by atoms with E-state index in [0.717, 1.165) is 11.1 Å². The number of carbonyl (C=O) groups is 2. The number of methoxy groups -OCH3 is 3. The second-order valence-corrected chi connectivity index (χ2v) is 7.88. The molecule has 3 rings (SSSR count). The van der Waals surface area contributed by atoms with E-state index >= 15 is 0 Å². The van der Waals surface area contributed by atoms with Crippen LogP contribution in [-0.4, -0.2) is 75.1 Å². The van der Waals surface area contributed by atoms with Crippen LogP contribution in [0, 0.1) is 0 Å². The lowest BCUT2D eigenvalue weighted by Crippen LogP contribution is -2.44. The first kappa shape index (κ1) is 24.7. The zero-order chi connectivity index (χ0) is 23.8. The molecule has 0 radical (unpaired) electrons. The van der Waals surface area contributed by atoms with E-state index in [1.54, 1.807) is 20.3 Å². The molecule has 9 heteroatoms. The van der Waals surface area contributed by atoms with Gasteiger partial charge in [-0.15, -0.1) is 0 Å². The van der Waals surface area contributed by atoms with Crippen LogP contribution in [0.1, 0.15) is 23.6 Å². The van der Waals surface area contributed by atoms with E-state index in [1.807, 2.05) is 42.5 Å². The maximum atomic E-state index is 13.4. The Labute approximate surface area is 198 Å². The third-order valence-corrected chi connectivity index (χ3v) is 5.69. The molecule has 33 heavy (non-hydrogen) atoms. The fraction of sp³-hybridized carbons (Fsp3) is 0.375. The highest BCUT2D eigenvalue weighted by Gasteiger charge is 2.36. The zero-order valence-corrected chi connectivity index (χ0v) is 19.7. The van der Waals surface area contributed by atoms with Crippen molar-refractivity contribution in [1.82, 2.24) is 9.91 Å². The number of para-hydroxylation sites is 1. The maximum Gasteiger partial charge on any atom is 0.262 e. The largest absolute Gasteiger partial charge is 0.496 e. The topological polar surface area (TPSA) is 80.7 Å². The fourth-order valence-corrected chi connectivity index (χ4v) is 3.97. The normalized spacial score (nSPS) is 15.3. The summed E-state index contributed by atoms with van der Waals surface area (Å²) in [6.07, 6.45) is 0.458. The average molecular weight is 474 g/mol. The molecule has 1 atom stereocenters. The third-order valence-electron chi connectivity index (χ3n) is 5.36. The Balaban J connectivity index is 1.94. The first-order valence-corrected chi connectivity index (χ1v) is 10.9. The van der Waals surface area contributed by atoms with Gasteiger partial charge in [0.15, 0.2) is 0 Å². The number of benzene rings is 2. The van der Waals surface area contributed by atoms with Crippen LogP contribution >= 0.6 is 11.6 Å². The van der Waals surface area contributed by atoms with E-state index in [4.69, 9.17) is 25.8 Å². The average Bonchev–Trinajstić information content (AvgIpc) is 3.27. The van der Waals surface area contributed by atoms with Gasteiger partial charge in [-0.2, -0.15) is 5.10 Å². The van der Waals surface area contributed by atoms with E-state index in [9.17, 15) is 9.59 Å². The van der Waals surface area contributed by atoms with E-state index in [-0.39, 0.29) is 31.5 Å². The molecule has 1 aliphatic heterocycles. The monoisotopic (exact) mass is 473 g/mol. The van der Waals surface area contributed by atoms with Crippen LogP contribution in [0.2, 0.25) is 5.02 Å². The number of hydrazone groups is 1. The minimum atomic E-state index is -0.401. The summed E-state index contributed by atoms with van der Waals surface area (Å²) < 4.78 is 15.6. The van der Waals surface area contributed by atoms with E-state index < -0.39 is 6.04 Å². The van der Waals surface area contributed by atoms with Crippen LogP contribution in [0.3, 0.4) is 0 Å². The van der Waals surface area contributed by atoms with Crippen LogP contribution in [0.15, 0.2) is 53.6 Å². The van der Waals surface area contributed by atoms with Gasteiger partial charge in [-0.25, -0.2) is 5.01 Å². The minimum Gasteiger partial charge on any atom is -0.496 e. The van der Waals surface area contributed by atoms with Crippen LogP contribution in [0.4, 0.5) is 0 Å². The van der Waals surface area contributed by atoms with Crippen molar-refractivity contribution in [3.8, 4) is 5.75 Å². The van der Waals surface area contributed by atoms with Gasteiger partial charge in [0.25, 0.3) is 5.91 Å². The van der Waals surface area contributed by atoms with Gasteiger partial charge in [0, 0.05) is 43.3 Å². The molecule has 0 bridgehead atoms. The molecule has 0 spiro atoms. The molecule has 1 aliphatic rings. The second-order valence-electron chi connectivity index (χ2n) is 7.47. The molecule has 0 fully saturated rings. The molecule has 2 aromatic carbocycles. The predicted octanol–water partition coefficient (Wildman–Crippen LogP) is 3.15. The van der Waals surface area contributed by atoms with Crippen molar-refractivity contribution in [2.45, 2.75) is 12.5 Å².